The van der Waals surface area contributed by atoms with Crippen molar-refractivity contribution < 1.29 is 4.79 Å². The smallest absolute Gasteiger partial charge is 0.222 e. The zero-order valence-electron chi connectivity index (χ0n) is 9.93. The predicted molar refractivity (Wildman–Crippen MR) is 63.4 cm³/mol. The van der Waals surface area contributed by atoms with E-state index in [1.54, 1.807) is 0 Å². The molecule has 5 heteroatoms. The standard InChI is InChI=1S/C12H18N4O/c17-12-2-1-6-15(12)7-4-11-9-13-8-10-3-5-14-16(10)11/h3,5,11,13H,1-2,4,6-9H2/t11-/m0/s1. The van der Waals surface area contributed by atoms with Crippen molar-refractivity contribution in [2.75, 3.05) is 19.6 Å². The number of hydrogen-bond donors (Lipinski definition) is 1. The van der Waals surface area contributed by atoms with Gasteiger partial charge in [0.25, 0.3) is 0 Å². The normalized spacial score (nSPS) is 24.1. The Morgan fingerprint density at radius 1 is 1.53 bits per heavy atom. The van der Waals surface area contributed by atoms with E-state index in [2.05, 4.69) is 21.2 Å². The third kappa shape index (κ3) is 2.07. The van der Waals surface area contributed by atoms with Crippen LogP contribution in [0.25, 0.3) is 0 Å². The second-order valence-corrected chi connectivity index (χ2v) is 4.82. The van der Waals surface area contributed by atoms with Crippen LogP contribution in [0.15, 0.2) is 12.3 Å². The molecule has 0 bridgehead atoms. The van der Waals surface area contributed by atoms with Crippen molar-refractivity contribution in [1.82, 2.24) is 20.0 Å². The third-order valence-corrected chi connectivity index (χ3v) is 3.69. The molecule has 1 aromatic heterocycles. The fourth-order valence-corrected chi connectivity index (χ4v) is 2.73. The number of amides is 1. The molecule has 92 valence electrons. The number of carbonyl (C=O) groups is 1. The molecular weight excluding hydrogens is 216 g/mol. The molecule has 2 aliphatic heterocycles. The Balaban J connectivity index is 1.61. The van der Waals surface area contributed by atoms with Gasteiger partial charge in [0.1, 0.15) is 0 Å². The maximum absolute atomic E-state index is 11.5. The quantitative estimate of drug-likeness (QED) is 0.830. The van der Waals surface area contributed by atoms with Crippen LogP contribution in [0.3, 0.4) is 0 Å². The minimum absolute atomic E-state index is 0.314. The lowest BCUT2D eigenvalue weighted by molar-refractivity contribution is -0.127. The molecule has 5 nitrogen and oxygen atoms in total. The summed E-state index contributed by atoms with van der Waals surface area (Å²) in [6.07, 6.45) is 4.61. The van der Waals surface area contributed by atoms with E-state index >= 15 is 0 Å². The van der Waals surface area contributed by atoms with Crippen molar-refractivity contribution in [2.24, 2.45) is 0 Å². The molecule has 2 aliphatic rings. The first-order valence-corrected chi connectivity index (χ1v) is 6.35. The van der Waals surface area contributed by atoms with Crippen LogP contribution in [0, 0.1) is 0 Å². The molecule has 3 rings (SSSR count). The first kappa shape index (κ1) is 10.8. The van der Waals surface area contributed by atoms with Gasteiger partial charge in [-0.25, -0.2) is 0 Å². The van der Waals surface area contributed by atoms with E-state index in [0.717, 1.165) is 45.4 Å². The van der Waals surface area contributed by atoms with Crippen molar-refractivity contribution >= 4 is 5.91 Å². The number of likely N-dealkylation sites (tertiary alicyclic amines) is 1. The first-order chi connectivity index (χ1) is 8.34. The van der Waals surface area contributed by atoms with E-state index in [1.165, 1.54) is 5.69 Å². The zero-order chi connectivity index (χ0) is 11.7. The summed E-state index contributed by atoms with van der Waals surface area (Å²) < 4.78 is 2.11. The van der Waals surface area contributed by atoms with Gasteiger partial charge >= 0.3 is 0 Å². The molecule has 3 heterocycles. The summed E-state index contributed by atoms with van der Waals surface area (Å²) in [5.74, 6) is 0.314. The molecule has 0 aromatic carbocycles. The van der Waals surface area contributed by atoms with E-state index in [4.69, 9.17) is 0 Å². The molecule has 0 spiro atoms. The molecular formula is C12H18N4O. The van der Waals surface area contributed by atoms with E-state index in [1.807, 2.05) is 11.1 Å². The van der Waals surface area contributed by atoms with Crippen LogP contribution < -0.4 is 5.32 Å². The second kappa shape index (κ2) is 4.49. The third-order valence-electron chi connectivity index (χ3n) is 3.69. The summed E-state index contributed by atoms with van der Waals surface area (Å²) in [6, 6.07) is 2.45. The Labute approximate surface area is 101 Å². The molecule has 0 radical (unpaired) electrons. The number of nitrogens with one attached hydrogen (secondary N) is 1. The van der Waals surface area contributed by atoms with Crippen LogP contribution in [0.1, 0.15) is 31.0 Å². The lowest BCUT2D eigenvalue weighted by Gasteiger charge is -2.27. The van der Waals surface area contributed by atoms with Crippen molar-refractivity contribution in [1.29, 1.82) is 0 Å². The van der Waals surface area contributed by atoms with E-state index in [9.17, 15) is 4.79 Å². The maximum atomic E-state index is 11.5. The molecule has 17 heavy (non-hydrogen) atoms. The van der Waals surface area contributed by atoms with Gasteiger partial charge < -0.3 is 10.2 Å². The molecule has 1 aromatic rings. The van der Waals surface area contributed by atoms with Crippen molar-refractivity contribution in [3.63, 3.8) is 0 Å². The van der Waals surface area contributed by atoms with Gasteiger partial charge in [0.2, 0.25) is 5.91 Å². The van der Waals surface area contributed by atoms with E-state index < -0.39 is 0 Å². The van der Waals surface area contributed by atoms with Gasteiger partial charge in [0, 0.05) is 38.8 Å². The minimum Gasteiger partial charge on any atom is -0.343 e. The summed E-state index contributed by atoms with van der Waals surface area (Å²) in [5, 5.41) is 7.78. The molecule has 0 aliphatic carbocycles. The highest BCUT2D eigenvalue weighted by atomic mass is 16.2. The van der Waals surface area contributed by atoms with Crippen LogP contribution in [-0.2, 0) is 11.3 Å². The van der Waals surface area contributed by atoms with Gasteiger partial charge in [0.15, 0.2) is 0 Å². The molecule has 0 unspecified atom stereocenters. The van der Waals surface area contributed by atoms with Gasteiger partial charge in [-0.1, -0.05) is 0 Å². The van der Waals surface area contributed by atoms with Crippen molar-refractivity contribution in [3.8, 4) is 0 Å². The van der Waals surface area contributed by atoms with Gasteiger partial charge in [-0.15, -0.1) is 0 Å². The van der Waals surface area contributed by atoms with Crippen LogP contribution >= 0.6 is 0 Å². The number of carbonyl (C=O) groups excluding carboxylic acids is 1. The van der Waals surface area contributed by atoms with Gasteiger partial charge in [-0.05, 0) is 18.9 Å². The molecule has 1 saturated heterocycles. The summed E-state index contributed by atoms with van der Waals surface area (Å²) in [5.41, 5.74) is 1.24. The fourth-order valence-electron chi connectivity index (χ4n) is 2.73. The highest BCUT2D eigenvalue weighted by Crippen LogP contribution is 2.19. The number of rotatable bonds is 3. The molecule has 1 amide bonds. The molecule has 0 saturated carbocycles. The van der Waals surface area contributed by atoms with Gasteiger partial charge in [-0.2, -0.15) is 5.10 Å². The minimum atomic E-state index is 0.314. The summed E-state index contributed by atoms with van der Waals surface area (Å²) in [7, 11) is 0. The average molecular weight is 234 g/mol. The summed E-state index contributed by atoms with van der Waals surface area (Å²) >= 11 is 0. The fraction of sp³-hybridized carbons (Fsp3) is 0.667. The topological polar surface area (TPSA) is 50.2 Å². The Morgan fingerprint density at radius 3 is 3.29 bits per heavy atom. The Bertz CT molecular complexity index is 414. The van der Waals surface area contributed by atoms with Crippen molar-refractivity contribution in [2.45, 2.75) is 31.8 Å². The summed E-state index contributed by atoms with van der Waals surface area (Å²) in [6.45, 7) is 3.66. The van der Waals surface area contributed by atoms with Crippen LogP contribution in [0.2, 0.25) is 0 Å². The van der Waals surface area contributed by atoms with E-state index in [0.29, 0.717) is 11.9 Å². The SMILES string of the molecule is O=C1CCCN1CC[C@H]1CNCc2ccnn21. The lowest BCUT2D eigenvalue weighted by atomic mass is 10.1. The molecule has 1 N–H and O–H groups in total. The predicted octanol–water partition coefficient (Wildman–Crippen LogP) is 0.540. The Hall–Kier alpha value is -1.36. The Kier molecular flexibility index (Phi) is 2.84. The molecule has 1 fully saturated rings. The van der Waals surface area contributed by atoms with Gasteiger partial charge in [-0.3, -0.25) is 9.48 Å². The monoisotopic (exact) mass is 234 g/mol. The molecule has 1 atom stereocenters. The largest absolute Gasteiger partial charge is 0.343 e. The van der Waals surface area contributed by atoms with Crippen LogP contribution in [0.5, 0.6) is 0 Å². The maximum Gasteiger partial charge on any atom is 0.222 e. The Morgan fingerprint density at radius 2 is 2.47 bits per heavy atom. The lowest BCUT2D eigenvalue weighted by Crippen LogP contribution is -2.36. The van der Waals surface area contributed by atoms with Crippen molar-refractivity contribution in [3.05, 3.63) is 18.0 Å². The van der Waals surface area contributed by atoms with Gasteiger partial charge in [0.05, 0.1) is 11.7 Å². The van der Waals surface area contributed by atoms with Crippen LogP contribution in [0.4, 0.5) is 0 Å². The number of fused-ring (bicyclic) bond motifs is 1. The second-order valence-electron chi connectivity index (χ2n) is 4.82. The van der Waals surface area contributed by atoms with Crippen LogP contribution in [-0.4, -0.2) is 40.2 Å². The summed E-state index contributed by atoms with van der Waals surface area (Å²) in [4.78, 5) is 13.5. The average Bonchev–Trinajstić information content (AvgIpc) is 2.95. The zero-order valence-corrected chi connectivity index (χ0v) is 9.93. The number of aromatic nitrogens is 2. The highest BCUT2D eigenvalue weighted by molar-refractivity contribution is 5.77. The number of nitrogens with zero attached hydrogens (tertiary/aromatic N) is 3. The first-order valence-electron chi connectivity index (χ1n) is 6.35. The highest BCUT2D eigenvalue weighted by Gasteiger charge is 2.24. The van der Waals surface area contributed by atoms with E-state index in [-0.39, 0.29) is 0 Å². The number of hydrogen-bond acceptors (Lipinski definition) is 3.